The molecule has 0 spiro atoms. The van der Waals surface area contributed by atoms with Crippen LogP contribution >= 0.6 is 0 Å². The number of carbonyl (C=O) groups excluding carboxylic acids is 1. The summed E-state index contributed by atoms with van der Waals surface area (Å²) in [7, 11) is 0. The molecule has 3 aromatic rings. The molecule has 0 radical (unpaired) electrons. The zero-order valence-electron chi connectivity index (χ0n) is 21.2. The van der Waals surface area contributed by atoms with Gasteiger partial charge in [0.2, 0.25) is 17.8 Å². The molecule has 0 atom stereocenters. The minimum absolute atomic E-state index is 0.149. The van der Waals surface area contributed by atoms with Crippen molar-refractivity contribution in [3.63, 3.8) is 0 Å². The van der Waals surface area contributed by atoms with Gasteiger partial charge in [-0.15, -0.1) is 0 Å². The van der Waals surface area contributed by atoms with E-state index in [-0.39, 0.29) is 11.9 Å². The van der Waals surface area contributed by atoms with Gasteiger partial charge in [-0.2, -0.15) is 15.0 Å². The third kappa shape index (κ3) is 10.3. The molecule has 1 aromatic carbocycles. The summed E-state index contributed by atoms with van der Waals surface area (Å²) in [6, 6.07) is 11.0. The maximum Gasteiger partial charge on any atom is 0.251 e. The molecule has 6 N–H and O–H groups in total. The number of amides is 1. The van der Waals surface area contributed by atoms with Crippen LogP contribution in [0, 0.1) is 0 Å². The minimum Gasteiger partial charge on any atom is -0.378 e. The van der Waals surface area contributed by atoms with Crippen molar-refractivity contribution in [2.45, 2.75) is 26.4 Å². The lowest BCUT2D eigenvalue weighted by molar-refractivity contribution is 0.0511. The first kappa shape index (κ1) is 27.7. The lowest BCUT2D eigenvalue weighted by atomic mass is 10.2. The summed E-state index contributed by atoms with van der Waals surface area (Å²) >= 11 is 0. The van der Waals surface area contributed by atoms with Gasteiger partial charge in [0.25, 0.3) is 5.91 Å². The lowest BCUT2D eigenvalue weighted by Crippen LogP contribution is -2.27. The maximum absolute atomic E-state index is 12.4. The Bertz CT molecular complexity index is 1080. The Kier molecular flexibility index (Phi) is 11.5. The van der Waals surface area contributed by atoms with Gasteiger partial charge in [-0.1, -0.05) is 0 Å². The van der Waals surface area contributed by atoms with E-state index in [1.807, 2.05) is 26.0 Å². The van der Waals surface area contributed by atoms with Gasteiger partial charge in [0.05, 0.1) is 26.4 Å². The molecule has 0 unspecified atom stereocenters. The van der Waals surface area contributed by atoms with Crippen molar-refractivity contribution in [3.05, 3.63) is 59.9 Å². The molecule has 0 fully saturated rings. The van der Waals surface area contributed by atoms with Crippen LogP contribution in [-0.2, 0) is 16.0 Å². The number of hydrogen-bond donors (Lipinski definition) is 5. The fourth-order valence-electron chi connectivity index (χ4n) is 3.09. The SMILES string of the molecule is CC(C)Nc1nc(NCc2ccncc2)nc(Nc2ccc(C(=O)NCCOCCOCCN)cc2)n1. The fraction of sp³-hybridized carbons (Fsp3) is 0.400. The van der Waals surface area contributed by atoms with Crippen LogP contribution in [0.2, 0.25) is 0 Å². The van der Waals surface area contributed by atoms with E-state index in [2.05, 4.69) is 41.2 Å². The highest BCUT2D eigenvalue weighted by Crippen LogP contribution is 2.17. The van der Waals surface area contributed by atoms with Gasteiger partial charge in [0.15, 0.2) is 0 Å². The molecule has 2 heterocycles. The summed E-state index contributed by atoms with van der Waals surface area (Å²) < 4.78 is 10.6. The molecular weight excluding hydrogens is 474 g/mol. The number of rotatable bonds is 16. The fourth-order valence-corrected chi connectivity index (χ4v) is 3.09. The Labute approximate surface area is 216 Å². The number of hydrogen-bond acceptors (Lipinski definition) is 11. The molecule has 198 valence electrons. The highest BCUT2D eigenvalue weighted by molar-refractivity contribution is 5.94. The summed E-state index contributed by atoms with van der Waals surface area (Å²) in [6.07, 6.45) is 3.48. The molecule has 3 rings (SSSR count). The van der Waals surface area contributed by atoms with Gasteiger partial charge in [-0.3, -0.25) is 9.78 Å². The second-order valence-corrected chi connectivity index (χ2v) is 8.29. The van der Waals surface area contributed by atoms with Crippen molar-refractivity contribution in [3.8, 4) is 0 Å². The van der Waals surface area contributed by atoms with E-state index in [1.165, 1.54) is 0 Å². The van der Waals surface area contributed by atoms with Crippen molar-refractivity contribution in [2.24, 2.45) is 5.73 Å². The Hall–Kier alpha value is -3.87. The number of ether oxygens (including phenoxy) is 2. The molecule has 0 bridgehead atoms. The number of benzene rings is 1. The summed E-state index contributed by atoms with van der Waals surface area (Å²) in [5.41, 5.74) is 7.68. The van der Waals surface area contributed by atoms with Crippen LogP contribution in [-0.4, -0.2) is 71.4 Å². The first-order valence-corrected chi connectivity index (χ1v) is 12.2. The summed E-state index contributed by atoms with van der Waals surface area (Å²) in [5.74, 6) is 1.08. The number of nitrogens with two attached hydrogens (primary N) is 1. The summed E-state index contributed by atoms with van der Waals surface area (Å²) in [4.78, 5) is 29.8. The molecule has 37 heavy (non-hydrogen) atoms. The third-order valence-electron chi connectivity index (χ3n) is 4.82. The molecule has 0 aliphatic heterocycles. The van der Waals surface area contributed by atoms with Crippen molar-refractivity contribution < 1.29 is 14.3 Å². The highest BCUT2D eigenvalue weighted by atomic mass is 16.5. The second kappa shape index (κ2) is 15.3. The Morgan fingerprint density at radius 2 is 1.57 bits per heavy atom. The van der Waals surface area contributed by atoms with Crippen molar-refractivity contribution in [2.75, 3.05) is 55.5 Å². The van der Waals surface area contributed by atoms with Crippen molar-refractivity contribution in [1.82, 2.24) is 25.3 Å². The molecule has 0 saturated heterocycles. The van der Waals surface area contributed by atoms with Crippen LogP contribution in [0.4, 0.5) is 23.5 Å². The molecule has 12 nitrogen and oxygen atoms in total. The van der Waals surface area contributed by atoms with Gasteiger partial charge in [-0.25, -0.2) is 0 Å². The molecule has 1 amide bonds. The van der Waals surface area contributed by atoms with Crippen LogP contribution in [0.3, 0.4) is 0 Å². The van der Waals surface area contributed by atoms with Gasteiger partial charge in [0.1, 0.15) is 0 Å². The Morgan fingerprint density at radius 1 is 0.892 bits per heavy atom. The largest absolute Gasteiger partial charge is 0.378 e. The monoisotopic (exact) mass is 509 g/mol. The number of carbonyl (C=O) groups is 1. The van der Waals surface area contributed by atoms with Gasteiger partial charge < -0.3 is 36.5 Å². The molecule has 0 saturated carbocycles. The van der Waals surface area contributed by atoms with Gasteiger partial charge >= 0.3 is 0 Å². The third-order valence-corrected chi connectivity index (χ3v) is 4.82. The van der Waals surface area contributed by atoms with Crippen LogP contribution in [0.25, 0.3) is 0 Å². The smallest absolute Gasteiger partial charge is 0.251 e. The van der Waals surface area contributed by atoms with E-state index >= 15 is 0 Å². The van der Waals surface area contributed by atoms with Crippen LogP contribution in [0.1, 0.15) is 29.8 Å². The number of anilines is 4. The average molecular weight is 510 g/mol. The zero-order chi connectivity index (χ0) is 26.3. The van der Waals surface area contributed by atoms with E-state index in [9.17, 15) is 4.79 Å². The van der Waals surface area contributed by atoms with E-state index < -0.39 is 0 Å². The van der Waals surface area contributed by atoms with Crippen LogP contribution in [0.5, 0.6) is 0 Å². The van der Waals surface area contributed by atoms with E-state index in [0.29, 0.717) is 69.5 Å². The normalized spacial score (nSPS) is 10.8. The molecule has 0 aliphatic rings. The summed E-state index contributed by atoms with van der Waals surface area (Å²) in [6.45, 7) is 7.32. The van der Waals surface area contributed by atoms with Crippen LogP contribution in [0.15, 0.2) is 48.8 Å². The number of nitrogens with one attached hydrogen (secondary N) is 4. The predicted molar refractivity (Wildman–Crippen MR) is 143 cm³/mol. The molecule has 0 aliphatic carbocycles. The topological polar surface area (TPSA) is 161 Å². The van der Waals surface area contributed by atoms with Crippen molar-refractivity contribution in [1.29, 1.82) is 0 Å². The minimum atomic E-state index is -0.180. The standard InChI is InChI=1S/C25H35N9O3/c1-18(2)30-24-32-23(29-17-19-7-10-27-11-8-19)33-25(34-24)31-21-5-3-20(4-6-21)22(35)28-12-14-37-16-15-36-13-9-26/h3-8,10-11,18H,9,12-17,26H2,1-2H3,(H,28,35)(H3,29,30,31,32,33,34). The van der Waals surface area contributed by atoms with E-state index in [0.717, 1.165) is 11.3 Å². The van der Waals surface area contributed by atoms with Gasteiger partial charge in [0, 0.05) is 49.3 Å². The van der Waals surface area contributed by atoms with Gasteiger partial charge in [-0.05, 0) is 55.8 Å². The quantitative estimate of drug-likeness (QED) is 0.180. The van der Waals surface area contributed by atoms with Crippen molar-refractivity contribution >= 4 is 29.4 Å². The highest BCUT2D eigenvalue weighted by Gasteiger charge is 2.10. The van der Waals surface area contributed by atoms with E-state index in [1.54, 1.807) is 36.7 Å². The Balaban J connectivity index is 1.54. The van der Waals surface area contributed by atoms with E-state index in [4.69, 9.17) is 15.2 Å². The molecular formula is C25H35N9O3. The number of aromatic nitrogens is 4. The first-order valence-electron chi connectivity index (χ1n) is 12.2. The zero-order valence-corrected chi connectivity index (χ0v) is 21.2. The second-order valence-electron chi connectivity index (χ2n) is 8.29. The first-order chi connectivity index (χ1) is 18.0. The lowest BCUT2D eigenvalue weighted by Gasteiger charge is -2.13. The predicted octanol–water partition coefficient (Wildman–Crippen LogP) is 2.16. The maximum atomic E-state index is 12.4. The average Bonchev–Trinajstić information content (AvgIpc) is 2.89. The van der Waals surface area contributed by atoms with Crippen LogP contribution < -0.4 is 27.0 Å². The number of nitrogens with zero attached hydrogens (tertiary/aromatic N) is 4. The summed E-state index contributed by atoms with van der Waals surface area (Å²) in [5, 5.41) is 12.4. The molecule has 12 heteroatoms. The number of pyridine rings is 1. The molecule has 2 aromatic heterocycles. The Morgan fingerprint density at radius 3 is 2.27 bits per heavy atom.